The van der Waals surface area contributed by atoms with Crippen LogP contribution in [0.4, 0.5) is 15.2 Å². The number of carbonyl (C=O) groups excluding carboxylic acids is 1. The molecule has 10 heteroatoms. The highest BCUT2D eigenvalue weighted by atomic mass is 32.2. The number of hydrogen-bond acceptors (Lipinski definition) is 6. The largest absolute Gasteiger partial charge is 0.477 e. The molecule has 0 radical (unpaired) electrons. The number of halogens is 1. The van der Waals surface area contributed by atoms with Crippen molar-refractivity contribution in [3.05, 3.63) is 65.9 Å². The van der Waals surface area contributed by atoms with Crippen LogP contribution in [-0.2, 0) is 14.8 Å². The normalized spacial score (nSPS) is 16.8. The number of ether oxygens (including phenoxy) is 1. The lowest BCUT2D eigenvalue weighted by Crippen LogP contribution is -2.32. The summed E-state index contributed by atoms with van der Waals surface area (Å²) in [5, 5.41) is 1.94. The number of amides is 1. The Labute approximate surface area is 170 Å². The summed E-state index contributed by atoms with van der Waals surface area (Å²) in [5.74, 6) is -0.798. The van der Waals surface area contributed by atoms with Crippen molar-refractivity contribution in [3.63, 3.8) is 0 Å². The molecule has 150 valence electrons. The van der Waals surface area contributed by atoms with Gasteiger partial charge in [0.2, 0.25) is 0 Å². The van der Waals surface area contributed by atoms with Crippen LogP contribution in [0, 0.1) is 5.82 Å². The van der Waals surface area contributed by atoms with E-state index in [1.165, 1.54) is 46.7 Å². The van der Waals surface area contributed by atoms with Crippen LogP contribution in [0.2, 0.25) is 0 Å². The lowest BCUT2D eigenvalue weighted by Gasteiger charge is -2.18. The molecule has 1 unspecified atom stereocenters. The number of para-hydroxylation sites is 1. The van der Waals surface area contributed by atoms with Gasteiger partial charge in [0.15, 0.2) is 22.8 Å². The number of carbonyl (C=O) groups is 1. The third-order valence-electron chi connectivity index (χ3n) is 4.37. The van der Waals surface area contributed by atoms with E-state index in [0.717, 1.165) is 0 Å². The lowest BCUT2D eigenvalue weighted by molar-refractivity contribution is -0.122. The van der Waals surface area contributed by atoms with Crippen LogP contribution in [0.25, 0.3) is 0 Å². The van der Waals surface area contributed by atoms with Crippen LogP contribution in [-0.4, -0.2) is 32.0 Å². The molecule has 2 heterocycles. The Hall–Kier alpha value is -2.98. The first-order chi connectivity index (χ1) is 13.9. The maximum atomic E-state index is 13.8. The zero-order valence-electron chi connectivity index (χ0n) is 15.0. The van der Waals surface area contributed by atoms with Crippen molar-refractivity contribution in [3.8, 4) is 5.75 Å². The molecule has 1 fully saturated rings. The predicted octanol–water partition coefficient (Wildman–Crippen LogP) is 3.27. The molecule has 2 aromatic carbocycles. The zero-order chi connectivity index (χ0) is 20.4. The van der Waals surface area contributed by atoms with E-state index in [-0.39, 0.29) is 21.7 Å². The summed E-state index contributed by atoms with van der Waals surface area (Å²) in [7, 11) is -3.77. The van der Waals surface area contributed by atoms with E-state index < -0.39 is 21.9 Å². The van der Waals surface area contributed by atoms with Crippen LogP contribution >= 0.6 is 11.3 Å². The number of thiazole rings is 1. The molecular weight excluding hydrogens is 417 g/mol. The van der Waals surface area contributed by atoms with Gasteiger partial charge in [0.05, 0.1) is 4.90 Å². The minimum atomic E-state index is -3.77. The Balaban J connectivity index is 1.47. The number of anilines is 2. The topological polar surface area (TPSA) is 88.6 Å². The molecule has 0 spiro atoms. The second-order valence-corrected chi connectivity index (χ2v) is 8.83. The second-order valence-electron chi connectivity index (χ2n) is 6.25. The monoisotopic (exact) mass is 433 g/mol. The molecule has 0 saturated carbocycles. The number of benzene rings is 2. The molecule has 1 aromatic heterocycles. The smallest absolute Gasteiger partial charge is 0.268 e. The van der Waals surface area contributed by atoms with Crippen molar-refractivity contribution >= 4 is 38.1 Å². The van der Waals surface area contributed by atoms with Crippen LogP contribution in [0.3, 0.4) is 0 Å². The number of hydrogen-bond donors (Lipinski definition) is 1. The SMILES string of the molecule is O=C1C(Oc2ccccc2F)CCN1c1ccc(S(=O)(=O)Nc2nccs2)cc1. The van der Waals surface area contributed by atoms with Gasteiger partial charge in [0, 0.05) is 30.2 Å². The van der Waals surface area contributed by atoms with E-state index in [2.05, 4.69) is 9.71 Å². The minimum Gasteiger partial charge on any atom is -0.477 e. The Morgan fingerprint density at radius 2 is 1.93 bits per heavy atom. The molecule has 3 aromatic rings. The molecule has 1 aliphatic heterocycles. The number of rotatable bonds is 6. The van der Waals surface area contributed by atoms with E-state index in [0.29, 0.717) is 18.7 Å². The maximum absolute atomic E-state index is 13.8. The molecular formula is C19H16FN3O4S2. The van der Waals surface area contributed by atoms with Gasteiger partial charge in [0.1, 0.15) is 0 Å². The third-order valence-corrected chi connectivity index (χ3v) is 6.55. The predicted molar refractivity (Wildman–Crippen MR) is 107 cm³/mol. The zero-order valence-corrected chi connectivity index (χ0v) is 16.6. The van der Waals surface area contributed by atoms with E-state index in [4.69, 9.17) is 4.74 Å². The fraction of sp³-hybridized carbons (Fsp3) is 0.158. The molecule has 29 heavy (non-hydrogen) atoms. The van der Waals surface area contributed by atoms with E-state index in [1.54, 1.807) is 29.6 Å². The quantitative estimate of drug-likeness (QED) is 0.645. The summed E-state index contributed by atoms with van der Waals surface area (Å²) in [4.78, 5) is 18.1. The fourth-order valence-corrected chi connectivity index (χ4v) is 4.75. The molecule has 1 N–H and O–H groups in total. The average molecular weight is 433 g/mol. The molecule has 7 nitrogen and oxygen atoms in total. The lowest BCUT2D eigenvalue weighted by atomic mass is 10.3. The highest BCUT2D eigenvalue weighted by Gasteiger charge is 2.35. The molecule has 0 bridgehead atoms. The van der Waals surface area contributed by atoms with Gasteiger partial charge in [-0.1, -0.05) is 12.1 Å². The van der Waals surface area contributed by atoms with Gasteiger partial charge in [-0.05, 0) is 36.4 Å². The molecule has 1 atom stereocenters. The summed E-state index contributed by atoms with van der Waals surface area (Å²) < 4.78 is 46.5. The van der Waals surface area contributed by atoms with E-state index in [9.17, 15) is 17.6 Å². The summed E-state index contributed by atoms with van der Waals surface area (Å²) in [5.41, 5.74) is 0.544. The highest BCUT2D eigenvalue weighted by molar-refractivity contribution is 7.93. The second kappa shape index (κ2) is 7.80. The Kier molecular flexibility index (Phi) is 5.20. The van der Waals surface area contributed by atoms with Crippen LogP contribution in [0.15, 0.2) is 65.0 Å². The number of aromatic nitrogens is 1. The maximum Gasteiger partial charge on any atom is 0.268 e. The highest BCUT2D eigenvalue weighted by Crippen LogP contribution is 2.27. The molecule has 0 aliphatic carbocycles. The standard InChI is InChI=1S/C19H16FN3O4S2/c20-15-3-1-2-4-16(15)27-17-9-11-23(18(17)24)13-5-7-14(8-6-13)29(25,26)22-19-21-10-12-28-19/h1-8,10,12,17H,9,11H2,(H,21,22). The Bertz CT molecular complexity index is 1120. The van der Waals surface area contributed by atoms with Gasteiger partial charge in [-0.15, -0.1) is 11.3 Å². The van der Waals surface area contributed by atoms with Crippen molar-refractivity contribution in [1.29, 1.82) is 0 Å². The fourth-order valence-electron chi connectivity index (χ4n) is 2.97. The van der Waals surface area contributed by atoms with Crippen molar-refractivity contribution in [2.24, 2.45) is 0 Å². The first-order valence-corrected chi connectivity index (χ1v) is 11.1. The van der Waals surface area contributed by atoms with Gasteiger partial charge in [-0.2, -0.15) is 0 Å². The third kappa shape index (κ3) is 4.08. The van der Waals surface area contributed by atoms with Crippen molar-refractivity contribution in [1.82, 2.24) is 4.98 Å². The molecule has 1 saturated heterocycles. The number of nitrogens with one attached hydrogen (secondary N) is 1. The first-order valence-electron chi connectivity index (χ1n) is 8.69. The van der Waals surface area contributed by atoms with Gasteiger partial charge < -0.3 is 9.64 Å². The van der Waals surface area contributed by atoms with Crippen LogP contribution < -0.4 is 14.4 Å². The van der Waals surface area contributed by atoms with Crippen LogP contribution in [0.5, 0.6) is 5.75 Å². The van der Waals surface area contributed by atoms with Gasteiger partial charge in [-0.3, -0.25) is 9.52 Å². The summed E-state index contributed by atoms with van der Waals surface area (Å²) in [6.45, 7) is 0.390. The summed E-state index contributed by atoms with van der Waals surface area (Å²) >= 11 is 1.18. The van der Waals surface area contributed by atoms with Crippen molar-refractivity contribution in [2.45, 2.75) is 17.4 Å². The number of nitrogens with zero attached hydrogens (tertiary/aromatic N) is 2. The molecule has 1 aliphatic rings. The van der Waals surface area contributed by atoms with Gasteiger partial charge in [-0.25, -0.2) is 17.8 Å². The summed E-state index contributed by atoms with van der Waals surface area (Å²) in [6.07, 6.45) is 1.12. The average Bonchev–Trinajstić information content (AvgIpc) is 3.33. The minimum absolute atomic E-state index is 0.0300. The van der Waals surface area contributed by atoms with Gasteiger partial charge >= 0.3 is 0 Å². The van der Waals surface area contributed by atoms with Gasteiger partial charge in [0.25, 0.3) is 15.9 Å². The molecule has 1 amide bonds. The summed E-state index contributed by atoms with van der Waals surface area (Å²) in [6, 6.07) is 11.9. The van der Waals surface area contributed by atoms with E-state index in [1.807, 2.05) is 0 Å². The van der Waals surface area contributed by atoms with Crippen molar-refractivity contribution in [2.75, 3.05) is 16.2 Å². The van der Waals surface area contributed by atoms with Crippen LogP contribution in [0.1, 0.15) is 6.42 Å². The van der Waals surface area contributed by atoms with Crippen molar-refractivity contribution < 1.29 is 22.3 Å². The number of sulfonamides is 1. The Morgan fingerprint density at radius 3 is 2.62 bits per heavy atom. The Morgan fingerprint density at radius 1 is 1.17 bits per heavy atom. The molecule has 4 rings (SSSR count). The van der Waals surface area contributed by atoms with E-state index >= 15 is 0 Å². The first kappa shape index (κ1) is 19.3.